The van der Waals surface area contributed by atoms with E-state index in [-0.39, 0.29) is 11.8 Å². The van der Waals surface area contributed by atoms with E-state index < -0.39 is 0 Å². The van der Waals surface area contributed by atoms with Crippen molar-refractivity contribution < 1.29 is 14.3 Å². The van der Waals surface area contributed by atoms with Crippen LogP contribution >= 0.6 is 0 Å². The summed E-state index contributed by atoms with van der Waals surface area (Å²) in [5.41, 5.74) is 0.729. The standard InChI is InChI=1S/C10H14O3/c1-8(11)4-2-5-9-6-3-7-13-10(9)12/h5H,2-4,6-7H2,1H3/b9-5-. The van der Waals surface area contributed by atoms with Crippen LogP contribution in [0.4, 0.5) is 0 Å². The van der Waals surface area contributed by atoms with E-state index in [9.17, 15) is 9.59 Å². The molecule has 0 bridgehead atoms. The zero-order chi connectivity index (χ0) is 9.68. The Kier molecular flexibility index (Phi) is 3.68. The summed E-state index contributed by atoms with van der Waals surface area (Å²) in [6, 6.07) is 0. The van der Waals surface area contributed by atoms with Crippen LogP contribution in [0.2, 0.25) is 0 Å². The van der Waals surface area contributed by atoms with Crippen molar-refractivity contribution in [1.29, 1.82) is 0 Å². The number of ether oxygens (including phenoxy) is 1. The van der Waals surface area contributed by atoms with Gasteiger partial charge in [-0.05, 0) is 26.2 Å². The second-order valence-corrected chi connectivity index (χ2v) is 3.21. The molecule has 1 heterocycles. The van der Waals surface area contributed by atoms with Gasteiger partial charge in [0.25, 0.3) is 0 Å². The zero-order valence-corrected chi connectivity index (χ0v) is 7.84. The van der Waals surface area contributed by atoms with Crippen LogP contribution in [0.5, 0.6) is 0 Å². The van der Waals surface area contributed by atoms with Crippen molar-refractivity contribution in [3.8, 4) is 0 Å². The second kappa shape index (κ2) is 4.80. The van der Waals surface area contributed by atoms with Crippen LogP contribution in [0.3, 0.4) is 0 Å². The van der Waals surface area contributed by atoms with Crippen molar-refractivity contribution in [3.05, 3.63) is 11.6 Å². The number of cyclic esters (lactones) is 1. The molecular formula is C10H14O3. The van der Waals surface area contributed by atoms with E-state index in [1.54, 1.807) is 6.92 Å². The number of hydrogen-bond donors (Lipinski definition) is 0. The summed E-state index contributed by atoms with van der Waals surface area (Å²) in [5.74, 6) is -0.0594. The summed E-state index contributed by atoms with van der Waals surface area (Å²) in [5, 5.41) is 0. The van der Waals surface area contributed by atoms with Gasteiger partial charge in [0.15, 0.2) is 0 Å². The predicted octanol–water partition coefficient (Wildman–Crippen LogP) is 1.62. The molecule has 0 aromatic rings. The molecule has 0 aliphatic carbocycles. The lowest BCUT2D eigenvalue weighted by molar-refractivity contribution is -0.141. The fourth-order valence-corrected chi connectivity index (χ4v) is 1.26. The summed E-state index contributed by atoms with van der Waals surface area (Å²) in [7, 11) is 0. The van der Waals surface area contributed by atoms with Gasteiger partial charge >= 0.3 is 5.97 Å². The number of carbonyl (C=O) groups excluding carboxylic acids is 2. The van der Waals surface area contributed by atoms with Gasteiger partial charge in [0.1, 0.15) is 5.78 Å². The number of allylic oxidation sites excluding steroid dienone is 1. The molecule has 0 spiro atoms. The summed E-state index contributed by atoms with van der Waals surface area (Å²) in [6.07, 6.45) is 4.67. The molecule has 1 aliphatic rings. The third-order valence-electron chi connectivity index (χ3n) is 1.97. The molecule has 0 aromatic carbocycles. The number of Topliss-reactive ketones (excluding diaryl/α,β-unsaturated/α-hetero) is 1. The molecule has 72 valence electrons. The van der Waals surface area contributed by atoms with Gasteiger partial charge in [-0.3, -0.25) is 0 Å². The molecule has 3 nitrogen and oxygen atoms in total. The van der Waals surface area contributed by atoms with Crippen molar-refractivity contribution in [2.45, 2.75) is 32.6 Å². The molecule has 0 unspecified atom stereocenters. The van der Waals surface area contributed by atoms with E-state index in [1.807, 2.05) is 6.08 Å². The Balaban J connectivity index is 2.39. The van der Waals surface area contributed by atoms with E-state index in [4.69, 9.17) is 4.74 Å². The number of esters is 1. The normalized spacial score (nSPS) is 20.1. The maximum absolute atomic E-state index is 11.1. The lowest BCUT2D eigenvalue weighted by Crippen LogP contribution is -2.15. The molecule has 0 amide bonds. The Morgan fingerprint density at radius 3 is 3.00 bits per heavy atom. The first kappa shape index (κ1) is 9.96. The lowest BCUT2D eigenvalue weighted by Gasteiger charge is -2.13. The van der Waals surface area contributed by atoms with Crippen molar-refractivity contribution in [3.63, 3.8) is 0 Å². The van der Waals surface area contributed by atoms with E-state index in [0.29, 0.717) is 19.4 Å². The summed E-state index contributed by atoms with van der Waals surface area (Å²) in [6.45, 7) is 2.08. The SMILES string of the molecule is CC(=O)CC/C=C1/CCCOC1=O. The van der Waals surface area contributed by atoms with Gasteiger partial charge in [-0.2, -0.15) is 0 Å². The van der Waals surface area contributed by atoms with Gasteiger partial charge in [-0.25, -0.2) is 4.79 Å². The molecule has 13 heavy (non-hydrogen) atoms. The van der Waals surface area contributed by atoms with Gasteiger partial charge in [0.2, 0.25) is 0 Å². The number of hydrogen-bond acceptors (Lipinski definition) is 3. The molecule has 3 heteroatoms. The zero-order valence-electron chi connectivity index (χ0n) is 7.84. The first-order chi connectivity index (χ1) is 6.20. The highest BCUT2D eigenvalue weighted by atomic mass is 16.5. The Morgan fingerprint density at radius 1 is 1.62 bits per heavy atom. The second-order valence-electron chi connectivity index (χ2n) is 3.21. The number of carbonyl (C=O) groups is 2. The largest absolute Gasteiger partial charge is 0.462 e. The van der Waals surface area contributed by atoms with Gasteiger partial charge in [-0.15, -0.1) is 0 Å². The molecule has 0 aromatic heterocycles. The maximum Gasteiger partial charge on any atom is 0.333 e. The fourth-order valence-electron chi connectivity index (χ4n) is 1.26. The van der Waals surface area contributed by atoms with E-state index >= 15 is 0 Å². The highest BCUT2D eigenvalue weighted by Crippen LogP contribution is 2.14. The first-order valence-electron chi connectivity index (χ1n) is 4.56. The molecule has 0 saturated carbocycles. The van der Waals surface area contributed by atoms with Crippen LogP contribution < -0.4 is 0 Å². The number of ketones is 1. The highest BCUT2D eigenvalue weighted by Gasteiger charge is 2.15. The lowest BCUT2D eigenvalue weighted by atomic mass is 10.1. The van der Waals surface area contributed by atoms with Crippen molar-refractivity contribution in [2.24, 2.45) is 0 Å². The third kappa shape index (κ3) is 3.40. The van der Waals surface area contributed by atoms with Crippen molar-refractivity contribution in [1.82, 2.24) is 0 Å². The minimum atomic E-state index is -0.213. The molecule has 1 saturated heterocycles. The molecule has 1 aliphatic heterocycles. The average molecular weight is 182 g/mol. The summed E-state index contributed by atoms with van der Waals surface area (Å²) < 4.78 is 4.86. The maximum atomic E-state index is 11.1. The van der Waals surface area contributed by atoms with Gasteiger partial charge < -0.3 is 9.53 Å². The van der Waals surface area contributed by atoms with Crippen LogP contribution in [0.1, 0.15) is 32.6 Å². The van der Waals surface area contributed by atoms with E-state index in [2.05, 4.69) is 0 Å². The highest BCUT2D eigenvalue weighted by molar-refractivity contribution is 5.89. The summed E-state index contributed by atoms with van der Waals surface area (Å²) >= 11 is 0. The van der Waals surface area contributed by atoms with Crippen LogP contribution in [0.25, 0.3) is 0 Å². The van der Waals surface area contributed by atoms with E-state index in [0.717, 1.165) is 18.4 Å². The molecule has 1 rings (SSSR count). The molecule has 0 radical (unpaired) electrons. The first-order valence-corrected chi connectivity index (χ1v) is 4.56. The van der Waals surface area contributed by atoms with Crippen LogP contribution in [0.15, 0.2) is 11.6 Å². The summed E-state index contributed by atoms with van der Waals surface area (Å²) in [4.78, 5) is 21.7. The molecule has 0 atom stereocenters. The van der Waals surface area contributed by atoms with Crippen LogP contribution in [-0.2, 0) is 14.3 Å². The Hall–Kier alpha value is -1.12. The van der Waals surface area contributed by atoms with Crippen LogP contribution in [-0.4, -0.2) is 18.4 Å². The molecular weight excluding hydrogens is 168 g/mol. The Morgan fingerprint density at radius 2 is 2.38 bits per heavy atom. The smallest absolute Gasteiger partial charge is 0.333 e. The fraction of sp³-hybridized carbons (Fsp3) is 0.600. The van der Waals surface area contributed by atoms with Gasteiger partial charge in [0.05, 0.1) is 6.61 Å². The van der Waals surface area contributed by atoms with Crippen molar-refractivity contribution in [2.75, 3.05) is 6.61 Å². The topological polar surface area (TPSA) is 43.4 Å². The predicted molar refractivity (Wildman–Crippen MR) is 48.2 cm³/mol. The van der Waals surface area contributed by atoms with Gasteiger partial charge in [0, 0.05) is 12.0 Å². The minimum absolute atomic E-state index is 0.154. The average Bonchev–Trinajstić information content (AvgIpc) is 2.08. The Bertz CT molecular complexity index is 241. The molecule has 1 fully saturated rings. The monoisotopic (exact) mass is 182 g/mol. The third-order valence-corrected chi connectivity index (χ3v) is 1.97. The van der Waals surface area contributed by atoms with Crippen molar-refractivity contribution >= 4 is 11.8 Å². The van der Waals surface area contributed by atoms with Crippen LogP contribution in [0, 0.1) is 0 Å². The number of rotatable bonds is 3. The Labute approximate surface area is 77.8 Å². The van der Waals surface area contributed by atoms with E-state index in [1.165, 1.54) is 0 Å². The minimum Gasteiger partial charge on any atom is -0.462 e. The quantitative estimate of drug-likeness (QED) is 0.492. The molecule has 0 N–H and O–H groups in total. The van der Waals surface area contributed by atoms with Gasteiger partial charge in [-0.1, -0.05) is 6.08 Å².